The van der Waals surface area contributed by atoms with Crippen LogP contribution in [0.3, 0.4) is 0 Å². The average Bonchev–Trinajstić information content (AvgIpc) is 2.62. The van der Waals surface area contributed by atoms with Gasteiger partial charge in [0.15, 0.2) is 5.11 Å². The monoisotopic (exact) mass is 356 g/mol. The summed E-state index contributed by atoms with van der Waals surface area (Å²) in [6.45, 7) is 5.76. The maximum Gasteiger partial charge on any atom is 0.169 e. The van der Waals surface area contributed by atoms with Gasteiger partial charge in [-0.2, -0.15) is 0 Å². The minimum atomic E-state index is 0.356. The van der Waals surface area contributed by atoms with E-state index in [1.807, 2.05) is 38.5 Å². The third kappa shape index (κ3) is 6.02. The second-order valence-corrected chi connectivity index (χ2v) is 6.88. The quantitative estimate of drug-likeness (QED) is 0.762. The molecule has 1 heterocycles. The van der Waals surface area contributed by atoms with E-state index in [9.17, 15) is 0 Å². The van der Waals surface area contributed by atoms with Gasteiger partial charge in [0.25, 0.3) is 0 Å². The summed E-state index contributed by atoms with van der Waals surface area (Å²) in [5.74, 6) is 0. The summed E-state index contributed by atoms with van der Waals surface area (Å²) in [4.78, 5) is 8.72. The number of aromatic nitrogens is 1. The van der Waals surface area contributed by atoms with Crippen molar-refractivity contribution in [3.05, 3.63) is 59.9 Å². The van der Waals surface area contributed by atoms with Gasteiger partial charge in [-0.1, -0.05) is 25.1 Å². The van der Waals surface area contributed by atoms with Crippen LogP contribution in [0.1, 0.15) is 31.5 Å². The van der Waals surface area contributed by atoms with Gasteiger partial charge in [0.1, 0.15) is 0 Å². The van der Waals surface area contributed by atoms with E-state index in [1.54, 1.807) is 0 Å². The van der Waals surface area contributed by atoms with Gasteiger partial charge in [0.05, 0.1) is 12.2 Å². The molecular weight excluding hydrogens is 328 g/mol. The van der Waals surface area contributed by atoms with Crippen molar-refractivity contribution in [2.75, 3.05) is 19.0 Å². The number of hydrogen-bond donors (Lipinski definition) is 1. The van der Waals surface area contributed by atoms with Crippen LogP contribution in [0.15, 0.2) is 48.7 Å². The molecule has 0 radical (unpaired) electrons. The molecular formula is C20H28N4S. The molecule has 0 saturated carbocycles. The molecule has 0 spiro atoms. The molecule has 1 aromatic heterocycles. The number of rotatable bonds is 7. The zero-order chi connectivity index (χ0) is 18.2. The Morgan fingerprint density at radius 1 is 1.12 bits per heavy atom. The fourth-order valence-electron chi connectivity index (χ4n) is 2.41. The van der Waals surface area contributed by atoms with Crippen molar-refractivity contribution in [1.29, 1.82) is 0 Å². The number of thiocarbonyl (C=S) groups is 1. The number of benzene rings is 1. The molecule has 4 nitrogen and oxygen atoms in total. The predicted octanol–water partition coefficient (Wildman–Crippen LogP) is 3.82. The fourth-order valence-corrected chi connectivity index (χ4v) is 2.74. The summed E-state index contributed by atoms with van der Waals surface area (Å²) in [5.41, 5.74) is 3.44. The largest absolute Gasteiger partial charge is 0.378 e. The van der Waals surface area contributed by atoms with Crippen LogP contribution in [0.4, 0.5) is 5.69 Å². The van der Waals surface area contributed by atoms with Gasteiger partial charge in [-0.3, -0.25) is 4.98 Å². The van der Waals surface area contributed by atoms with Crippen molar-refractivity contribution < 1.29 is 0 Å². The first-order chi connectivity index (χ1) is 12.0. The van der Waals surface area contributed by atoms with Crippen LogP contribution in [0.2, 0.25) is 0 Å². The topological polar surface area (TPSA) is 31.4 Å². The van der Waals surface area contributed by atoms with Crippen LogP contribution in [0.25, 0.3) is 0 Å². The highest BCUT2D eigenvalue weighted by Gasteiger charge is 2.13. The van der Waals surface area contributed by atoms with Gasteiger partial charge < -0.3 is 15.1 Å². The maximum absolute atomic E-state index is 5.66. The van der Waals surface area contributed by atoms with E-state index in [-0.39, 0.29) is 0 Å². The first-order valence-corrected chi connectivity index (χ1v) is 9.12. The molecule has 25 heavy (non-hydrogen) atoms. The van der Waals surface area contributed by atoms with Crippen molar-refractivity contribution in [2.24, 2.45) is 0 Å². The molecule has 1 N–H and O–H groups in total. The lowest BCUT2D eigenvalue weighted by Gasteiger charge is -2.28. The SMILES string of the molecule is CC[C@H](C)NC(=S)N(Cc1ccc(N(C)C)cc1)Cc1ccccn1. The summed E-state index contributed by atoms with van der Waals surface area (Å²) in [5, 5.41) is 4.20. The molecule has 0 bridgehead atoms. The zero-order valence-electron chi connectivity index (χ0n) is 15.6. The number of anilines is 1. The molecule has 2 rings (SSSR count). The van der Waals surface area contributed by atoms with E-state index in [1.165, 1.54) is 11.3 Å². The highest BCUT2D eigenvalue weighted by molar-refractivity contribution is 7.80. The van der Waals surface area contributed by atoms with Gasteiger partial charge in [-0.15, -0.1) is 0 Å². The maximum atomic E-state index is 5.66. The van der Waals surface area contributed by atoms with Crippen LogP contribution < -0.4 is 10.2 Å². The lowest BCUT2D eigenvalue weighted by atomic mass is 10.2. The van der Waals surface area contributed by atoms with Gasteiger partial charge >= 0.3 is 0 Å². The molecule has 0 aliphatic carbocycles. The van der Waals surface area contributed by atoms with Crippen LogP contribution in [-0.4, -0.2) is 35.1 Å². The molecule has 5 heteroatoms. The lowest BCUT2D eigenvalue weighted by molar-refractivity contribution is 0.387. The highest BCUT2D eigenvalue weighted by atomic mass is 32.1. The van der Waals surface area contributed by atoms with Gasteiger partial charge in [0.2, 0.25) is 0 Å². The minimum Gasteiger partial charge on any atom is -0.378 e. The molecule has 0 aliphatic heterocycles. The summed E-state index contributed by atoms with van der Waals surface area (Å²) in [6.07, 6.45) is 2.86. The van der Waals surface area contributed by atoms with Gasteiger partial charge in [-0.25, -0.2) is 0 Å². The minimum absolute atomic E-state index is 0.356. The van der Waals surface area contributed by atoms with E-state index in [0.29, 0.717) is 12.6 Å². The Labute approximate surface area is 156 Å². The van der Waals surface area contributed by atoms with Crippen molar-refractivity contribution in [3.63, 3.8) is 0 Å². The molecule has 0 amide bonds. The zero-order valence-corrected chi connectivity index (χ0v) is 16.4. The summed E-state index contributed by atoms with van der Waals surface area (Å²) >= 11 is 5.66. The molecule has 1 aromatic carbocycles. The fraction of sp³-hybridized carbons (Fsp3) is 0.400. The number of nitrogens with zero attached hydrogens (tertiary/aromatic N) is 3. The Hall–Kier alpha value is -2.14. The van der Waals surface area contributed by atoms with Crippen LogP contribution in [0, 0.1) is 0 Å². The van der Waals surface area contributed by atoms with E-state index in [4.69, 9.17) is 12.2 Å². The summed E-state index contributed by atoms with van der Waals surface area (Å²) < 4.78 is 0. The third-order valence-electron chi connectivity index (χ3n) is 4.17. The van der Waals surface area contributed by atoms with Gasteiger partial charge in [0, 0.05) is 38.6 Å². The second-order valence-electron chi connectivity index (χ2n) is 6.50. The highest BCUT2D eigenvalue weighted by Crippen LogP contribution is 2.15. The Bertz CT molecular complexity index is 655. The third-order valence-corrected chi connectivity index (χ3v) is 4.55. The average molecular weight is 357 g/mol. The van der Waals surface area contributed by atoms with Crippen LogP contribution >= 0.6 is 12.2 Å². The first kappa shape index (κ1) is 19.2. The van der Waals surface area contributed by atoms with Crippen molar-refractivity contribution in [3.8, 4) is 0 Å². The van der Waals surface area contributed by atoms with E-state index in [2.05, 4.69) is 58.2 Å². The van der Waals surface area contributed by atoms with Crippen molar-refractivity contribution in [1.82, 2.24) is 15.2 Å². The van der Waals surface area contributed by atoms with Crippen molar-refractivity contribution in [2.45, 2.75) is 39.4 Å². The molecule has 0 fully saturated rings. The molecule has 2 aromatic rings. The molecule has 0 unspecified atom stereocenters. The van der Waals surface area contributed by atoms with Crippen LogP contribution in [-0.2, 0) is 13.1 Å². The van der Waals surface area contributed by atoms with Gasteiger partial charge in [-0.05, 0) is 55.4 Å². The Morgan fingerprint density at radius 2 is 1.84 bits per heavy atom. The summed E-state index contributed by atoms with van der Waals surface area (Å²) in [6, 6.07) is 14.9. The first-order valence-electron chi connectivity index (χ1n) is 8.71. The molecule has 0 aliphatic rings. The van der Waals surface area contributed by atoms with Crippen LogP contribution in [0.5, 0.6) is 0 Å². The molecule has 1 atom stereocenters. The Balaban J connectivity index is 2.13. The van der Waals surface area contributed by atoms with Crippen molar-refractivity contribution >= 4 is 23.0 Å². The molecule has 134 valence electrons. The predicted molar refractivity (Wildman–Crippen MR) is 110 cm³/mol. The lowest BCUT2D eigenvalue weighted by Crippen LogP contribution is -2.42. The molecule has 0 saturated heterocycles. The normalized spacial score (nSPS) is 11.7. The summed E-state index contributed by atoms with van der Waals surface area (Å²) in [7, 11) is 4.10. The van der Waals surface area contributed by atoms with E-state index < -0.39 is 0 Å². The Kier molecular flexibility index (Phi) is 7.19. The number of pyridine rings is 1. The smallest absolute Gasteiger partial charge is 0.169 e. The van der Waals surface area contributed by atoms with E-state index in [0.717, 1.165) is 23.8 Å². The second kappa shape index (κ2) is 9.37. The number of nitrogens with one attached hydrogen (secondary N) is 1. The standard InChI is InChI=1S/C20H28N4S/c1-5-16(2)22-20(25)24(15-18-8-6-7-13-21-18)14-17-9-11-19(12-10-17)23(3)4/h6-13,16H,5,14-15H2,1-4H3,(H,22,25)/t16-/m0/s1. The Morgan fingerprint density at radius 3 is 2.40 bits per heavy atom. The number of hydrogen-bond acceptors (Lipinski definition) is 3. The van der Waals surface area contributed by atoms with E-state index >= 15 is 0 Å².